The van der Waals surface area contributed by atoms with Crippen LogP contribution >= 0.6 is 0 Å². The zero-order valence-corrected chi connectivity index (χ0v) is 21.0. The minimum atomic E-state index is 0. The van der Waals surface area contributed by atoms with Gasteiger partial charge in [-0.1, -0.05) is 30.4 Å². The average Bonchev–Trinajstić information content (AvgIpc) is 3.80. The van der Waals surface area contributed by atoms with Crippen molar-refractivity contribution < 1.29 is 10.9 Å². The van der Waals surface area contributed by atoms with Gasteiger partial charge in [-0.3, -0.25) is 0 Å². The van der Waals surface area contributed by atoms with Gasteiger partial charge >= 0.3 is 0 Å². The summed E-state index contributed by atoms with van der Waals surface area (Å²) in [5.41, 5.74) is 3.82. The summed E-state index contributed by atoms with van der Waals surface area (Å²) in [6.07, 6.45) is 12.3. The Bertz CT molecular complexity index is 1210. The Labute approximate surface area is 214 Å². The van der Waals surface area contributed by atoms with Crippen molar-refractivity contribution in [3.63, 3.8) is 0 Å². The largest absolute Gasteiger partial charge is 0.493 e. The lowest BCUT2D eigenvalue weighted by atomic mass is 9.86. The molecule has 2 aromatic rings. The van der Waals surface area contributed by atoms with Gasteiger partial charge in [0.2, 0.25) is 5.95 Å². The van der Waals surface area contributed by atoms with Gasteiger partial charge in [0.1, 0.15) is 5.75 Å². The Balaban J connectivity index is 0.00000252. The fourth-order valence-corrected chi connectivity index (χ4v) is 6.94. The number of rotatable bonds is 1. The van der Waals surface area contributed by atoms with Crippen molar-refractivity contribution in [2.24, 2.45) is 17.3 Å². The molecule has 36 heavy (non-hydrogen) atoms. The van der Waals surface area contributed by atoms with Crippen molar-refractivity contribution in [1.82, 2.24) is 19.8 Å². The zero-order chi connectivity index (χ0) is 24.2. The molecule has 5 aliphatic rings. The number of benzene rings is 1. The number of morpholine rings is 1. The van der Waals surface area contributed by atoms with Crippen molar-refractivity contribution >= 4 is 5.95 Å². The summed E-state index contributed by atoms with van der Waals surface area (Å²) >= 11 is 0. The highest BCUT2D eigenvalue weighted by molar-refractivity contribution is 5.62. The molecular formula is C29H37N5O2. The molecule has 4 unspecified atom stereocenters. The highest BCUT2D eigenvalue weighted by atomic mass is 16.5. The number of ether oxygens (including phenoxy) is 2. The van der Waals surface area contributed by atoms with E-state index in [9.17, 15) is 0 Å². The number of aromatic nitrogens is 2. The molecule has 3 fully saturated rings. The van der Waals surface area contributed by atoms with Gasteiger partial charge < -0.3 is 24.6 Å². The topological polar surface area (TPSA) is 62.8 Å². The van der Waals surface area contributed by atoms with Gasteiger partial charge in [0.05, 0.1) is 31.1 Å². The van der Waals surface area contributed by atoms with Gasteiger partial charge in [-0.05, 0) is 50.4 Å². The summed E-state index contributed by atoms with van der Waals surface area (Å²) in [6, 6.07) is 10.2. The van der Waals surface area contributed by atoms with Crippen LogP contribution in [0, 0.1) is 17.3 Å². The quantitative estimate of drug-likeness (QED) is 0.609. The van der Waals surface area contributed by atoms with E-state index in [0.717, 1.165) is 75.2 Å². The first-order valence-electron chi connectivity index (χ1n) is 13.4. The third kappa shape index (κ3) is 3.80. The van der Waals surface area contributed by atoms with E-state index in [1.807, 2.05) is 24.4 Å². The van der Waals surface area contributed by atoms with Crippen LogP contribution in [0.2, 0.25) is 0 Å². The van der Waals surface area contributed by atoms with E-state index >= 15 is 0 Å². The number of likely N-dealkylation sites (N-methyl/N-ethyl adjacent to an activating group) is 1. The number of fused-ring (bicyclic) bond motifs is 5. The van der Waals surface area contributed by atoms with Gasteiger partial charge in [0.15, 0.2) is 0 Å². The SMILES string of the molecule is CN1C/C=C/CCOc2cccc(c2)-c2ccnc(n2)NC23CC2C=C(N2CCOCC2)C2(CC23)C1.[HH]. The molecule has 0 radical (unpaired) electrons. The first-order chi connectivity index (χ1) is 17.7. The zero-order valence-electron chi connectivity index (χ0n) is 21.0. The van der Waals surface area contributed by atoms with E-state index in [-0.39, 0.29) is 12.4 Å². The number of nitrogens with zero attached hydrogens (tertiary/aromatic N) is 4. The highest BCUT2D eigenvalue weighted by Crippen LogP contribution is 2.75. The molecule has 4 atom stereocenters. The van der Waals surface area contributed by atoms with Crippen LogP contribution in [0.5, 0.6) is 5.75 Å². The van der Waals surface area contributed by atoms with Crippen LogP contribution in [0.25, 0.3) is 11.3 Å². The molecule has 2 aliphatic heterocycles. The normalized spacial score (nSPS) is 34.5. The molecule has 3 aliphatic carbocycles. The summed E-state index contributed by atoms with van der Waals surface area (Å²) in [5.74, 6) is 2.76. The summed E-state index contributed by atoms with van der Waals surface area (Å²) in [4.78, 5) is 14.7. The molecule has 1 spiro atoms. The molecule has 1 N–H and O–H groups in total. The minimum absolute atomic E-state index is 0. The standard InChI is InChI=1S/C29H35N5O2.H2/c1-33-10-3-2-4-13-36-23-7-5-6-21(16-23)24-8-9-30-27(31-24)32-29-18-22(29)17-26(28(20-33)19-25(28)29)34-11-14-35-15-12-34;/h2-3,5-9,16-17,22,25H,4,10-15,18-20H2,1H3,(H,30,31,32);1H/b3-2+;. The summed E-state index contributed by atoms with van der Waals surface area (Å²) < 4.78 is 11.7. The second kappa shape index (κ2) is 8.60. The molecule has 7 nitrogen and oxygen atoms in total. The van der Waals surface area contributed by atoms with Crippen LogP contribution in [-0.2, 0) is 4.74 Å². The molecule has 3 heterocycles. The highest BCUT2D eigenvalue weighted by Gasteiger charge is 2.76. The molecule has 7 heteroatoms. The van der Waals surface area contributed by atoms with Crippen molar-refractivity contribution in [2.75, 3.05) is 58.4 Å². The van der Waals surface area contributed by atoms with Gasteiger partial charge in [-0.15, -0.1) is 0 Å². The van der Waals surface area contributed by atoms with Crippen LogP contribution in [0.15, 0.2) is 60.5 Å². The molecule has 0 amide bonds. The van der Waals surface area contributed by atoms with Crippen LogP contribution in [-0.4, -0.2) is 78.4 Å². The average molecular weight is 488 g/mol. The second-order valence-electron chi connectivity index (χ2n) is 11.1. The van der Waals surface area contributed by atoms with Crippen LogP contribution < -0.4 is 10.1 Å². The fraction of sp³-hybridized carbons (Fsp3) is 0.517. The maximum absolute atomic E-state index is 6.03. The number of hydrogen-bond donors (Lipinski definition) is 1. The lowest BCUT2D eigenvalue weighted by Gasteiger charge is -2.40. The van der Waals surface area contributed by atoms with Gasteiger partial charge in [-0.2, -0.15) is 0 Å². The van der Waals surface area contributed by atoms with E-state index in [4.69, 9.17) is 14.5 Å². The van der Waals surface area contributed by atoms with Crippen LogP contribution in [0.3, 0.4) is 0 Å². The van der Waals surface area contributed by atoms with E-state index in [2.05, 4.69) is 57.5 Å². The maximum atomic E-state index is 6.03. The summed E-state index contributed by atoms with van der Waals surface area (Å²) in [7, 11) is 2.26. The molecule has 6 bridgehead atoms. The van der Waals surface area contributed by atoms with E-state index in [1.54, 1.807) is 5.70 Å². The second-order valence-corrected chi connectivity index (χ2v) is 11.1. The minimum Gasteiger partial charge on any atom is -0.493 e. The lowest BCUT2D eigenvalue weighted by Crippen LogP contribution is -2.45. The van der Waals surface area contributed by atoms with Crippen molar-refractivity contribution in [3.05, 3.63) is 60.5 Å². The number of hydrogen-bond acceptors (Lipinski definition) is 7. The molecule has 190 valence electrons. The first-order valence-corrected chi connectivity index (χ1v) is 13.4. The Morgan fingerprint density at radius 2 is 2.03 bits per heavy atom. The van der Waals surface area contributed by atoms with Gasteiger partial charge in [-0.25, -0.2) is 9.97 Å². The third-order valence-corrected chi connectivity index (χ3v) is 8.80. The molecule has 7 rings (SSSR count). The maximum Gasteiger partial charge on any atom is 0.223 e. The molecular weight excluding hydrogens is 450 g/mol. The Kier molecular flexibility index (Phi) is 5.33. The summed E-state index contributed by atoms with van der Waals surface area (Å²) in [5, 5.41) is 3.86. The van der Waals surface area contributed by atoms with Crippen LogP contribution in [0.1, 0.15) is 20.7 Å². The number of nitrogens with one attached hydrogen (secondary N) is 1. The first kappa shape index (κ1) is 22.3. The van der Waals surface area contributed by atoms with E-state index in [1.165, 1.54) is 6.42 Å². The Morgan fingerprint density at radius 1 is 1.11 bits per heavy atom. The predicted molar refractivity (Wildman–Crippen MR) is 142 cm³/mol. The van der Waals surface area contributed by atoms with E-state index in [0.29, 0.717) is 18.4 Å². The molecule has 1 saturated heterocycles. The van der Waals surface area contributed by atoms with Crippen LogP contribution in [0.4, 0.5) is 5.95 Å². The van der Waals surface area contributed by atoms with E-state index < -0.39 is 0 Å². The Morgan fingerprint density at radius 3 is 2.94 bits per heavy atom. The monoisotopic (exact) mass is 487 g/mol. The van der Waals surface area contributed by atoms with Crippen molar-refractivity contribution in [2.45, 2.75) is 24.8 Å². The number of anilines is 1. The van der Waals surface area contributed by atoms with Crippen molar-refractivity contribution in [1.29, 1.82) is 0 Å². The lowest BCUT2D eigenvalue weighted by molar-refractivity contribution is 0.0432. The smallest absolute Gasteiger partial charge is 0.223 e. The molecule has 1 aromatic carbocycles. The Hall–Kier alpha value is -2.90. The summed E-state index contributed by atoms with van der Waals surface area (Å²) in [6.45, 7) is 6.35. The fourth-order valence-electron chi connectivity index (χ4n) is 6.94. The predicted octanol–water partition coefficient (Wildman–Crippen LogP) is 4.07. The molecule has 2 saturated carbocycles. The van der Waals surface area contributed by atoms with Gasteiger partial charge in [0.25, 0.3) is 0 Å². The molecule has 1 aromatic heterocycles. The van der Waals surface area contributed by atoms with Crippen molar-refractivity contribution in [3.8, 4) is 17.0 Å². The van der Waals surface area contributed by atoms with Gasteiger partial charge in [0, 0.05) is 56.4 Å². The third-order valence-electron chi connectivity index (χ3n) is 8.80.